The van der Waals surface area contributed by atoms with Crippen molar-refractivity contribution in [3.63, 3.8) is 0 Å². The first-order valence-electron chi connectivity index (χ1n) is 11.5. The summed E-state index contributed by atoms with van der Waals surface area (Å²) in [5.74, 6) is 0.621. The van der Waals surface area contributed by atoms with Gasteiger partial charge < -0.3 is 20.1 Å². The van der Waals surface area contributed by atoms with Crippen molar-refractivity contribution < 1.29 is 9.18 Å². The average Bonchev–Trinajstić information content (AvgIpc) is 3.28. The Morgan fingerprint density at radius 1 is 1.03 bits per heavy atom. The molecular formula is C26H27FN6O. The molecule has 34 heavy (non-hydrogen) atoms. The van der Waals surface area contributed by atoms with Crippen LogP contribution in [0.3, 0.4) is 0 Å². The van der Waals surface area contributed by atoms with E-state index in [2.05, 4.69) is 56.4 Å². The lowest BCUT2D eigenvalue weighted by Crippen LogP contribution is -2.52. The number of hydrogen-bond acceptors (Lipinski definition) is 4. The van der Waals surface area contributed by atoms with Gasteiger partial charge in [0.05, 0.1) is 5.39 Å². The van der Waals surface area contributed by atoms with E-state index in [1.165, 1.54) is 28.8 Å². The number of benzene rings is 2. The quantitative estimate of drug-likeness (QED) is 0.474. The number of halogens is 1. The first kappa shape index (κ1) is 21.9. The molecule has 174 valence electrons. The van der Waals surface area contributed by atoms with Gasteiger partial charge in [-0.3, -0.25) is 0 Å². The minimum absolute atomic E-state index is 0.112. The fourth-order valence-electron chi connectivity index (χ4n) is 4.41. The molecule has 1 aliphatic heterocycles. The molecule has 0 radical (unpaired) electrons. The smallest absolute Gasteiger partial charge is 0.317 e. The van der Waals surface area contributed by atoms with E-state index in [-0.39, 0.29) is 11.8 Å². The Labute approximate surface area is 197 Å². The maximum atomic E-state index is 13.1. The van der Waals surface area contributed by atoms with Crippen molar-refractivity contribution in [3.8, 4) is 0 Å². The number of nitrogens with zero attached hydrogens (tertiary/aromatic N) is 4. The van der Waals surface area contributed by atoms with E-state index in [0.717, 1.165) is 28.8 Å². The van der Waals surface area contributed by atoms with Crippen molar-refractivity contribution in [2.24, 2.45) is 0 Å². The predicted octanol–water partition coefficient (Wildman–Crippen LogP) is 4.03. The molecule has 2 N–H and O–H groups in total. The molecule has 5 rings (SSSR count). The monoisotopic (exact) mass is 458 g/mol. The molecule has 0 saturated carbocycles. The highest BCUT2D eigenvalue weighted by atomic mass is 19.1. The van der Waals surface area contributed by atoms with E-state index < -0.39 is 0 Å². The molecule has 1 aliphatic rings. The van der Waals surface area contributed by atoms with Gasteiger partial charge in [0.25, 0.3) is 0 Å². The number of carbonyl (C=O) groups excluding carboxylic acids is 1. The van der Waals surface area contributed by atoms with Gasteiger partial charge in [0.15, 0.2) is 0 Å². The minimum atomic E-state index is -0.283. The summed E-state index contributed by atoms with van der Waals surface area (Å²) in [7, 11) is 0. The lowest BCUT2D eigenvalue weighted by molar-refractivity contribution is 0.194. The summed E-state index contributed by atoms with van der Waals surface area (Å²) >= 11 is 0. The van der Waals surface area contributed by atoms with E-state index in [9.17, 15) is 9.18 Å². The number of nitrogens with one attached hydrogen (secondary N) is 2. The number of piperazine rings is 1. The van der Waals surface area contributed by atoms with Crippen LogP contribution in [0.4, 0.5) is 15.0 Å². The first-order chi connectivity index (χ1) is 16.6. The van der Waals surface area contributed by atoms with Gasteiger partial charge in [-0.05, 0) is 41.3 Å². The Morgan fingerprint density at radius 3 is 2.56 bits per heavy atom. The van der Waals surface area contributed by atoms with Gasteiger partial charge >= 0.3 is 6.03 Å². The Hall–Kier alpha value is -3.94. The number of urea groups is 1. The van der Waals surface area contributed by atoms with Crippen molar-refractivity contribution in [2.75, 3.05) is 31.1 Å². The largest absolute Gasteiger partial charge is 0.352 e. The van der Waals surface area contributed by atoms with E-state index >= 15 is 0 Å². The zero-order chi connectivity index (χ0) is 23.5. The van der Waals surface area contributed by atoms with Gasteiger partial charge in [0.1, 0.15) is 23.6 Å². The topological polar surface area (TPSA) is 77.2 Å². The van der Waals surface area contributed by atoms with Crippen molar-refractivity contribution >= 4 is 22.9 Å². The Bertz CT molecular complexity index is 1290. The van der Waals surface area contributed by atoms with Gasteiger partial charge in [0.2, 0.25) is 0 Å². The Balaban J connectivity index is 1.26. The molecule has 2 aromatic carbocycles. The Morgan fingerprint density at radius 2 is 1.79 bits per heavy atom. The predicted molar refractivity (Wildman–Crippen MR) is 130 cm³/mol. The molecule has 8 heteroatoms. The number of anilines is 1. The number of fused-ring (bicyclic) bond motifs is 1. The SMILES string of the molecule is Cc1ccccc1Cc1c[nH]c2ncnc(N3CCN(C(=O)NCc4ccc(F)cc4)CC3)c12. The van der Waals surface area contributed by atoms with Crippen molar-refractivity contribution in [1.82, 2.24) is 25.2 Å². The summed E-state index contributed by atoms with van der Waals surface area (Å²) in [5, 5.41) is 3.97. The summed E-state index contributed by atoms with van der Waals surface area (Å²) < 4.78 is 13.1. The highest BCUT2D eigenvalue weighted by Crippen LogP contribution is 2.29. The highest BCUT2D eigenvalue weighted by Gasteiger charge is 2.24. The maximum Gasteiger partial charge on any atom is 0.317 e. The lowest BCUT2D eigenvalue weighted by atomic mass is 10.0. The number of H-pyrrole nitrogens is 1. The highest BCUT2D eigenvalue weighted by molar-refractivity contribution is 5.91. The molecule has 0 aliphatic carbocycles. The van der Waals surface area contributed by atoms with E-state index in [1.54, 1.807) is 18.5 Å². The second kappa shape index (κ2) is 9.51. The first-order valence-corrected chi connectivity index (χ1v) is 11.5. The maximum absolute atomic E-state index is 13.1. The second-order valence-electron chi connectivity index (χ2n) is 8.60. The normalized spacial score (nSPS) is 13.9. The van der Waals surface area contributed by atoms with Gasteiger partial charge in [0, 0.05) is 45.3 Å². The van der Waals surface area contributed by atoms with Crippen LogP contribution in [-0.2, 0) is 13.0 Å². The van der Waals surface area contributed by atoms with Crippen molar-refractivity contribution in [2.45, 2.75) is 19.9 Å². The number of aryl methyl sites for hydroxylation is 1. The van der Waals surface area contributed by atoms with Crippen LogP contribution >= 0.6 is 0 Å². The molecule has 0 atom stereocenters. The lowest BCUT2D eigenvalue weighted by Gasteiger charge is -2.35. The second-order valence-corrected chi connectivity index (χ2v) is 8.60. The van der Waals surface area contributed by atoms with E-state index in [0.29, 0.717) is 32.7 Å². The Kier molecular flexibility index (Phi) is 6.12. The number of hydrogen-bond donors (Lipinski definition) is 2. The van der Waals surface area contributed by atoms with E-state index in [4.69, 9.17) is 0 Å². The fourth-order valence-corrected chi connectivity index (χ4v) is 4.41. The number of rotatable bonds is 5. The molecule has 0 bridgehead atoms. The number of amides is 2. The average molecular weight is 459 g/mol. The zero-order valence-corrected chi connectivity index (χ0v) is 19.1. The summed E-state index contributed by atoms with van der Waals surface area (Å²) in [6, 6.07) is 14.4. The van der Waals surface area contributed by atoms with Crippen LogP contribution in [0.2, 0.25) is 0 Å². The number of aromatic nitrogens is 3. The molecule has 0 spiro atoms. The van der Waals surface area contributed by atoms with Crippen LogP contribution in [-0.4, -0.2) is 52.1 Å². The zero-order valence-electron chi connectivity index (χ0n) is 19.1. The summed E-state index contributed by atoms with van der Waals surface area (Å²) in [6.07, 6.45) is 4.42. The van der Waals surface area contributed by atoms with Crippen molar-refractivity contribution in [3.05, 3.63) is 89.1 Å². The molecule has 1 saturated heterocycles. The van der Waals surface area contributed by atoms with Crippen LogP contribution in [0.25, 0.3) is 11.0 Å². The van der Waals surface area contributed by atoms with Crippen molar-refractivity contribution in [1.29, 1.82) is 0 Å². The number of aromatic amines is 1. The van der Waals surface area contributed by atoms with Gasteiger partial charge in [-0.25, -0.2) is 19.2 Å². The van der Waals surface area contributed by atoms with Crippen LogP contribution in [0, 0.1) is 12.7 Å². The third kappa shape index (κ3) is 4.57. The minimum Gasteiger partial charge on any atom is -0.352 e. The van der Waals surface area contributed by atoms with Gasteiger partial charge in [-0.15, -0.1) is 0 Å². The molecule has 3 heterocycles. The van der Waals surface area contributed by atoms with Gasteiger partial charge in [-0.1, -0.05) is 36.4 Å². The van der Waals surface area contributed by atoms with Crippen LogP contribution in [0.15, 0.2) is 61.1 Å². The number of carbonyl (C=O) groups is 1. The van der Waals surface area contributed by atoms with Gasteiger partial charge in [-0.2, -0.15) is 0 Å². The molecule has 2 amide bonds. The molecule has 2 aromatic heterocycles. The summed E-state index contributed by atoms with van der Waals surface area (Å²) in [6.45, 7) is 5.06. The summed E-state index contributed by atoms with van der Waals surface area (Å²) in [5.41, 5.74) is 5.40. The molecule has 0 unspecified atom stereocenters. The van der Waals surface area contributed by atoms with E-state index in [1.807, 2.05) is 11.1 Å². The third-order valence-electron chi connectivity index (χ3n) is 6.40. The van der Waals surface area contributed by atoms with Crippen LogP contribution < -0.4 is 10.2 Å². The molecular weight excluding hydrogens is 431 g/mol. The molecule has 7 nitrogen and oxygen atoms in total. The summed E-state index contributed by atoms with van der Waals surface area (Å²) in [4.78, 5) is 29.0. The van der Waals surface area contributed by atoms with Crippen LogP contribution in [0.5, 0.6) is 0 Å². The third-order valence-corrected chi connectivity index (χ3v) is 6.40. The molecule has 1 fully saturated rings. The molecule has 4 aromatic rings. The standard InChI is InChI=1S/C26H27FN6O/c1-18-4-2-3-5-20(18)14-21-16-28-24-23(21)25(31-17-30-24)32-10-12-33(13-11-32)26(34)29-15-19-6-8-22(27)9-7-19/h2-9,16-17H,10-15H2,1H3,(H,29,34)(H,28,30,31). The van der Waals surface area contributed by atoms with Crippen LogP contribution in [0.1, 0.15) is 22.3 Å². The fraction of sp³-hybridized carbons (Fsp3) is 0.269.